The highest BCUT2D eigenvalue weighted by Crippen LogP contribution is 2.19. The van der Waals surface area contributed by atoms with Crippen molar-refractivity contribution in [3.63, 3.8) is 0 Å². The Morgan fingerprint density at radius 1 is 1.21 bits per heavy atom. The maximum Gasteiger partial charge on any atom is 0.190 e. The van der Waals surface area contributed by atoms with E-state index >= 15 is 0 Å². The van der Waals surface area contributed by atoms with Crippen molar-refractivity contribution in [2.24, 2.45) is 0 Å². The van der Waals surface area contributed by atoms with Crippen LogP contribution in [-0.2, 0) is 19.4 Å². The minimum atomic E-state index is -3.70. The molecule has 0 aliphatic heterocycles. The molecule has 0 aromatic heterocycles. The van der Waals surface area contributed by atoms with E-state index in [-0.39, 0.29) is 11.5 Å². The van der Waals surface area contributed by atoms with E-state index in [0.717, 1.165) is 0 Å². The third kappa shape index (κ3) is 4.44. The minimum absolute atomic E-state index is 0.129. The second-order valence-corrected chi connectivity index (χ2v) is 7.51. The van der Waals surface area contributed by atoms with Crippen LogP contribution < -0.4 is 0 Å². The van der Waals surface area contributed by atoms with Gasteiger partial charge in [0.15, 0.2) is 15.6 Å². The Kier molecular flexibility index (Phi) is 4.87. The Hall–Kier alpha value is -1.20. The Bertz CT molecular complexity index is 526. The quantitative estimate of drug-likeness (QED) is 0.832. The van der Waals surface area contributed by atoms with Crippen molar-refractivity contribution in [2.75, 3.05) is 6.61 Å². The number of Topliss-reactive ketones (excluding diaryl/α,β-unsaturated/α-hetero) is 1. The number of hydrogen-bond acceptors (Lipinski definition) is 4. The zero-order valence-corrected chi connectivity index (χ0v) is 12.5. The molecule has 1 unspecified atom stereocenters. The molecule has 19 heavy (non-hydrogen) atoms. The van der Waals surface area contributed by atoms with Gasteiger partial charge < -0.3 is 4.74 Å². The predicted molar refractivity (Wildman–Crippen MR) is 73.8 cm³/mol. The van der Waals surface area contributed by atoms with Crippen molar-refractivity contribution < 1.29 is 17.9 Å². The van der Waals surface area contributed by atoms with E-state index in [1.165, 1.54) is 19.1 Å². The topological polar surface area (TPSA) is 60.4 Å². The van der Waals surface area contributed by atoms with Crippen molar-refractivity contribution >= 4 is 15.6 Å². The first-order chi connectivity index (χ1) is 8.64. The standard InChI is InChI=1S/C14H20O4S/c1-11(15)13(10-18-14(2,3)4)19(16,17)12-8-6-5-7-9-12/h5-9,13H,10H2,1-4H3. The van der Waals surface area contributed by atoms with E-state index in [4.69, 9.17) is 4.74 Å². The average molecular weight is 284 g/mol. The normalized spacial score (nSPS) is 14.1. The summed E-state index contributed by atoms with van der Waals surface area (Å²) in [5.41, 5.74) is -0.486. The fourth-order valence-corrected chi connectivity index (χ4v) is 3.07. The molecule has 0 aliphatic carbocycles. The number of carbonyl (C=O) groups is 1. The van der Waals surface area contributed by atoms with Crippen LogP contribution in [-0.4, -0.2) is 31.7 Å². The zero-order valence-electron chi connectivity index (χ0n) is 11.7. The van der Waals surface area contributed by atoms with Gasteiger partial charge in [-0.1, -0.05) is 18.2 Å². The molecule has 0 radical (unpaired) electrons. The third-order valence-corrected chi connectivity index (χ3v) is 4.71. The second kappa shape index (κ2) is 5.84. The summed E-state index contributed by atoms with van der Waals surface area (Å²) in [5.74, 6) is -0.409. The second-order valence-electron chi connectivity index (χ2n) is 5.38. The maximum absolute atomic E-state index is 12.4. The Morgan fingerprint density at radius 3 is 2.16 bits per heavy atom. The number of rotatable bonds is 5. The van der Waals surface area contributed by atoms with Gasteiger partial charge in [-0.25, -0.2) is 8.42 Å². The van der Waals surface area contributed by atoms with Gasteiger partial charge in [0.1, 0.15) is 5.25 Å². The first-order valence-electron chi connectivity index (χ1n) is 6.08. The van der Waals surface area contributed by atoms with Crippen LogP contribution in [0.2, 0.25) is 0 Å². The van der Waals surface area contributed by atoms with Crippen molar-refractivity contribution in [2.45, 2.75) is 43.4 Å². The largest absolute Gasteiger partial charge is 0.374 e. The molecule has 5 heteroatoms. The Labute approximate surface area is 114 Å². The van der Waals surface area contributed by atoms with Gasteiger partial charge in [-0.05, 0) is 39.8 Å². The number of ketones is 1. The van der Waals surface area contributed by atoms with Crippen molar-refractivity contribution in [1.82, 2.24) is 0 Å². The third-order valence-electron chi connectivity index (χ3n) is 2.57. The van der Waals surface area contributed by atoms with Crippen molar-refractivity contribution in [3.05, 3.63) is 30.3 Å². The van der Waals surface area contributed by atoms with E-state index < -0.39 is 26.5 Å². The first-order valence-corrected chi connectivity index (χ1v) is 7.62. The lowest BCUT2D eigenvalue weighted by Crippen LogP contribution is -2.36. The lowest BCUT2D eigenvalue weighted by Gasteiger charge is -2.23. The molecule has 1 aromatic rings. The monoisotopic (exact) mass is 284 g/mol. The number of carbonyl (C=O) groups excluding carboxylic acids is 1. The highest BCUT2D eigenvalue weighted by atomic mass is 32.2. The van der Waals surface area contributed by atoms with Gasteiger partial charge >= 0.3 is 0 Å². The molecule has 0 aliphatic rings. The number of ether oxygens (including phenoxy) is 1. The smallest absolute Gasteiger partial charge is 0.190 e. The van der Waals surface area contributed by atoms with Crippen LogP contribution in [0.5, 0.6) is 0 Å². The molecule has 0 fully saturated rings. The molecule has 1 atom stereocenters. The highest BCUT2D eigenvalue weighted by Gasteiger charge is 2.32. The lowest BCUT2D eigenvalue weighted by molar-refractivity contribution is -0.118. The van der Waals surface area contributed by atoms with Crippen molar-refractivity contribution in [3.8, 4) is 0 Å². The van der Waals surface area contributed by atoms with Crippen LogP contribution in [0.25, 0.3) is 0 Å². The van der Waals surface area contributed by atoms with Crippen LogP contribution in [0.3, 0.4) is 0 Å². The first kappa shape index (κ1) is 15.9. The molecule has 0 amide bonds. The fourth-order valence-electron chi connectivity index (χ4n) is 1.53. The van der Waals surface area contributed by atoms with E-state index in [1.807, 2.05) is 20.8 Å². The van der Waals surface area contributed by atoms with E-state index in [9.17, 15) is 13.2 Å². The Balaban J connectivity index is 3.03. The van der Waals surface area contributed by atoms with Gasteiger partial charge in [-0.2, -0.15) is 0 Å². The molecule has 0 saturated heterocycles. The van der Waals surface area contributed by atoms with Crippen LogP contribution in [0.4, 0.5) is 0 Å². The number of benzene rings is 1. The van der Waals surface area contributed by atoms with Crippen LogP contribution in [0.15, 0.2) is 35.2 Å². The summed E-state index contributed by atoms with van der Waals surface area (Å²) in [4.78, 5) is 11.8. The number of hydrogen-bond donors (Lipinski definition) is 0. The van der Waals surface area contributed by atoms with E-state index in [0.29, 0.717) is 0 Å². The van der Waals surface area contributed by atoms with Crippen LogP contribution in [0.1, 0.15) is 27.7 Å². The molecule has 0 saturated carbocycles. The molecule has 1 aromatic carbocycles. The minimum Gasteiger partial charge on any atom is -0.374 e. The summed E-state index contributed by atoms with van der Waals surface area (Å²) in [5, 5.41) is -1.16. The predicted octanol–water partition coefficient (Wildman–Crippen LogP) is 2.23. The summed E-state index contributed by atoms with van der Waals surface area (Å²) < 4.78 is 30.2. The van der Waals surface area contributed by atoms with Gasteiger partial charge in [0.25, 0.3) is 0 Å². The van der Waals surface area contributed by atoms with Gasteiger partial charge in [0.05, 0.1) is 17.1 Å². The van der Waals surface area contributed by atoms with E-state index in [2.05, 4.69) is 0 Å². The summed E-state index contributed by atoms with van der Waals surface area (Å²) >= 11 is 0. The summed E-state index contributed by atoms with van der Waals surface area (Å²) in [6.07, 6.45) is 0. The molecule has 0 N–H and O–H groups in total. The molecular weight excluding hydrogens is 264 g/mol. The van der Waals surface area contributed by atoms with Gasteiger partial charge in [0, 0.05) is 0 Å². The zero-order chi connectivity index (χ0) is 14.7. The van der Waals surface area contributed by atoms with Crippen LogP contribution in [0, 0.1) is 0 Å². The average Bonchev–Trinajstić information content (AvgIpc) is 2.28. The highest BCUT2D eigenvalue weighted by molar-refractivity contribution is 7.92. The van der Waals surface area contributed by atoms with Gasteiger partial charge in [0.2, 0.25) is 0 Å². The molecular formula is C14H20O4S. The molecule has 1 rings (SSSR count). The molecule has 0 heterocycles. The Morgan fingerprint density at radius 2 is 1.74 bits per heavy atom. The molecule has 106 valence electrons. The van der Waals surface area contributed by atoms with Crippen LogP contribution >= 0.6 is 0 Å². The summed E-state index contributed by atoms with van der Waals surface area (Å²) in [7, 11) is -3.70. The number of sulfone groups is 1. The lowest BCUT2D eigenvalue weighted by atomic mass is 10.2. The SMILES string of the molecule is CC(=O)C(COC(C)(C)C)S(=O)(=O)c1ccccc1. The van der Waals surface area contributed by atoms with Crippen molar-refractivity contribution in [1.29, 1.82) is 0 Å². The van der Waals surface area contributed by atoms with Gasteiger partial charge in [-0.15, -0.1) is 0 Å². The molecule has 4 nitrogen and oxygen atoms in total. The summed E-state index contributed by atoms with van der Waals surface area (Å²) in [6, 6.07) is 7.97. The van der Waals surface area contributed by atoms with E-state index in [1.54, 1.807) is 18.2 Å². The maximum atomic E-state index is 12.4. The summed E-state index contributed by atoms with van der Waals surface area (Å²) in [6.45, 7) is 6.60. The van der Waals surface area contributed by atoms with Gasteiger partial charge in [-0.3, -0.25) is 4.79 Å². The molecule has 0 bridgehead atoms. The fraction of sp³-hybridized carbons (Fsp3) is 0.500. The molecule has 0 spiro atoms.